The van der Waals surface area contributed by atoms with Gasteiger partial charge in [0.1, 0.15) is 0 Å². The van der Waals surface area contributed by atoms with Crippen molar-refractivity contribution in [3.05, 3.63) is 43.0 Å². The quantitative estimate of drug-likeness (QED) is 0.570. The predicted octanol–water partition coefficient (Wildman–Crippen LogP) is 2.81. The zero-order chi connectivity index (χ0) is 11.9. The van der Waals surface area contributed by atoms with Crippen LogP contribution in [0.25, 0.3) is 0 Å². The van der Waals surface area contributed by atoms with E-state index in [-0.39, 0.29) is 20.9 Å². The van der Waals surface area contributed by atoms with Crippen LogP contribution in [-0.2, 0) is 4.74 Å². The summed E-state index contributed by atoms with van der Waals surface area (Å²) in [5.41, 5.74) is 0. The van der Waals surface area contributed by atoms with Crippen LogP contribution in [0.4, 0.5) is 0 Å². The summed E-state index contributed by atoms with van der Waals surface area (Å²) in [6.07, 6.45) is 6.01. The summed E-state index contributed by atoms with van der Waals surface area (Å²) < 4.78 is 8.79. The molecule has 2 rings (SSSR count). The maximum atomic E-state index is 5.83. The molecule has 1 saturated heterocycles. The minimum absolute atomic E-state index is 0.00176. The van der Waals surface area contributed by atoms with Crippen LogP contribution in [0.15, 0.2) is 43.0 Å². The fourth-order valence-electron chi connectivity index (χ4n) is 2.13. The van der Waals surface area contributed by atoms with E-state index in [1.54, 1.807) is 3.61 Å². The minimum atomic E-state index is -0.00176. The molecule has 0 aromatic heterocycles. The van der Waals surface area contributed by atoms with Gasteiger partial charge in [-0.2, -0.15) is 0 Å². The Hall–Kier alpha value is -0.290. The average Bonchev–Trinajstić information content (AvgIpc) is 2.83. The second kappa shape index (κ2) is 7.21. The molecule has 1 nitrogen and oxygen atoms in total. The Balaban J connectivity index is 1.69. The van der Waals surface area contributed by atoms with Crippen LogP contribution in [0.3, 0.4) is 0 Å². The summed E-state index contributed by atoms with van der Waals surface area (Å²) in [6, 6.07) is 10.9. The van der Waals surface area contributed by atoms with Gasteiger partial charge in [-0.15, -0.1) is 0 Å². The van der Waals surface area contributed by atoms with Gasteiger partial charge in [0.15, 0.2) is 0 Å². The van der Waals surface area contributed by atoms with Gasteiger partial charge >= 0.3 is 115 Å². The van der Waals surface area contributed by atoms with Gasteiger partial charge in [-0.05, 0) is 0 Å². The second-order valence-corrected chi connectivity index (χ2v) is 7.67. The van der Waals surface area contributed by atoms with E-state index >= 15 is 0 Å². The van der Waals surface area contributed by atoms with Crippen molar-refractivity contribution in [1.82, 2.24) is 0 Å². The van der Waals surface area contributed by atoms with E-state index in [9.17, 15) is 0 Å². The van der Waals surface area contributed by atoms with E-state index < -0.39 is 0 Å². The van der Waals surface area contributed by atoms with Crippen molar-refractivity contribution >= 4 is 24.5 Å². The number of rotatable bonds is 6. The molecule has 0 unspecified atom stereocenters. The molecular formula is C15H20OTe. The second-order valence-electron chi connectivity index (χ2n) is 4.55. The Morgan fingerprint density at radius 3 is 2.94 bits per heavy atom. The third-order valence-corrected chi connectivity index (χ3v) is 6.63. The Bertz CT molecular complexity index is 336. The number of benzene rings is 1. The first-order valence-electron chi connectivity index (χ1n) is 6.29. The molecule has 1 aliphatic rings. The Morgan fingerprint density at radius 2 is 2.18 bits per heavy atom. The summed E-state index contributed by atoms with van der Waals surface area (Å²) >= 11 is -0.00176. The standard InChI is InChI=1S/C15H20OTe/c1-2-3-7-14-10-13(11-16-14)12-17-15-8-5-4-6-9-15/h2,4-6,8-9,13-14H,1,3,7,10-12H2/t13-,14-/m1/s1. The molecule has 0 aliphatic carbocycles. The van der Waals surface area contributed by atoms with Crippen LogP contribution in [0, 0.1) is 5.92 Å². The van der Waals surface area contributed by atoms with Gasteiger partial charge in [-0.1, -0.05) is 0 Å². The van der Waals surface area contributed by atoms with Gasteiger partial charge in [0.2, 0.25) is 0 Å². The topological polar surface area (TPSA) is 9.23 Å². The van der Waals surface area contributed by atoms with Crippen LogP contribution in [0.1, 0.15) is 19.3 Å². The van der Waals surface area contributed by atoms with Crippen molar-refractivity contribution in [2.24, 2.45) is 5.92 Å². The van der Waals surface area contributed by atoms with E-state index in [1.165, 1.54) is 10.9 Å². The molecule has 0 spiro atoms. The Morgan fingerprint density at radius 1 is 1.35 bits per heavy atom. The number of hydrogen-bond donors (Lipinski definition) is 0. The summed E-state index contributed by atoms with van der Waals surface area (Å²) in [4.78, 5) is 0. The summed E-state index contributed by atoms with van der Waals surface area (Å²) in [5, 5.41) is 0. The first kappa shape index (κ1) is 13.1. The fraction of sp³-hybridized carbons (Fsp3) is 0.467. The molecule has 2 atom stereocenters. The monoisotopic (exact) mass is 346 g/mol. The van der Waals surface area contributed by atoms with Crippen molar-refractivity contribution in [2.75, 3.05) is 6.61 Å². The molecule has 0 amide bonds. The van der Waals surface area contributed by atoms with Crippen molar-refractivity contribution in [3.8, 4) is 0 Å². The third-order valence-electron chi connectivity index (χ3n) is 3.09. The van der Waals surface area contributed by atoms with Crippen molar-refractivity contribution < 1.29 is 4.74 Å². The Labute approximate surface area is 114 Å². The number of ether oxygens (including phenoxy) is 1. The van der Waals surface area contributed by atoms with Gasteiger partial charge in [0, 0.05) is 0 Å². The molecular weight excluding hydrogens is 324 g/mol. The maximum absolute atomic E-state index is 5.83. The normalized spacial score (nSPS) is 23.8. The molecule has 0 saturated carbocycles. The van der Waals surface area contributed by atoms with Gasteiger partial charge in [-0.25, -0.2) is 0 Å². The molecule has 2 heteroatoms. The number of allylic oxidation sites excluding steroid dienone is 1. The zero-order valence-electron chi connectivity index (χ0n) is 10.2. The third kappa shape index (κ3) is 4.47. The van der Waals surface area contributed by atoms with Crippen molar-refractivity contribution in [2.45, 2.75) is 29.8 Å². The van der Waals surface area contributed by atoms with E-state index in [2.05, 4.69) is 36.9 Å². The van der Waals surface area contributed by atoms with Crippen molar-refractivity contribution in [3.63, 3.8) is 0 Å². The summed E-state index contributed by atoms with van der Waals surface area (Å²) in [6.45, 7) is 4.75. The van der Waals surface area contributed by atoms with E-state index in [0.29, 0.717) is 6.10 Å². The van der Waals surface area contributed by atoms with Gasteiger partial charge in [0.05, 0.1) is 0 Å². The van der Waals surface area contributed by atoms with Gasteiger partial charge < -0.3 is 0 Å². The van der Waals surface area contributed by atoms with E-state index in [0.717, 1.165) is 25.4 Å². The molecule has 0 N–H and O–H groups in total. The average molecular weight is 344 g/mol. The van der Waals surface area contributed by atoms with Crippen LogP contribution < -0.4 is 3.61 Å². The summed E-state index contributed by atoms with van der Waals surface area (Å²) in [5.74, 6) is 0.812. The first-order valence-corrected chi connectivity index (χ1v) is 9.10. The van der Waals surface area contributed by atoms with E-state index in [1.807, 2.05) is 6.08 Å². The molecule has 1 aromatic rings. The molecule has 0 radical (unpaired) electrons. The SMILES string of the molecule is C=CCC[C@@H]1C[C@@H](C[Te]c2ccccc2)CO1. The van der Waals surface area contributed by atoms with Crippen molar-refractivity contribution in [1.29, 1.82) is 0 Å². The van der Waals surface area contributed by atoms with Gasteiger partial charge in [0.25, 0.3) is 0 Å². The van der Waals surface area contributed by atoms with Crippen LogP contribution in [0.2, 0.25) is 4.47 Å². The molecule has 1 heterocycles. The molecule has 92 valence electrons. The van der Waals surface area contributed by atoms with Crippen LogP contribution in [-0.4, -0.2) is 33.6 Å². The summed E-state index contributed by atoms with van der Waals surface area (Å²) in [7, 11) is 0. The molecule has 1 aromatic carbocycles. The molecule has 1 aliphatic heterocycles. The van der Waals surface area contributed by atoms with Crippen LogP contribution in [0.5, 0.6) is 0 Å². The number of hydrogen-bond acceptors (Lipinski definition) is 1. The zero-order valence-corrected chi connectivity index (χ0v) is 12.5. The molecule has 1 fully saturated rings. The first-order chi connectivity index (χ1) is 8.38. The van der Waals surface area contributed by atoms with E-state index in [4.69, 9.17) is 4.74 Å². The van der Waals surface area contributed by atoms with Crippen LogP contribution >= 0.6 is 0 Å². The fourth-order valence-corrected chi connectivity index (χ4v) is 5.01. The molecule has 17 heavy (non-hydrogen) atoms. The predicted molar refractivity (Wildman–Crippen MR) is 73.9 cm³/mol. The molecule has 0 bridgehead atoms. The van der Waals surface area contributed by atoms with Gasteiger partial charge in [-0.3, -0.25) is 0 Å². The Kier molecular flexibility index (Phi) is 5.58.